The number of carbonyl (C=O) groups excluding carboxylic acids is 1. The Morgan fingerprint density at radius 1 is 0.353 bits per heavy atom. The molecule has 6 nitrogen and oxygen atoms in total. The molecule has 0 saturated carbocycles. The van der Waals surface area contributed by atoms with Crippen molar-refractivity contribution in [2.24, 2.45) is 0 Å². The van der Waals surface area contributed by atoms with Crippen LogP contribution in [0.25, 0.3) is 45.0 Å². The van der Waals surface area contributed by atoms with Crippen LogP contribution in [0.15, 0.2) is 207 Å². The fourth-order valence-corrected chi connectivity index (χ4v) is 6.09. The topological polar surface area (TPSA) is 44.6 Å². The zero-order valence-corrected chi connectivity index (χ0v) is 27.8. The number of amides is 1. The number of benzene rings is 4. The molecule has 0 unspecified atom stereocenters. The van der Waals surface area contributed by atoms with Gasteiger partial charge in [0.1, 0.15) is 0 Å². The highest BCUT2D eigenvalue weighted by atomic mass is 16.1. The fourth-order valence-electron chi connectivity index (χ4n) is 6.09. The monoisotopic (exact) mass is 661 g/mol. The van der Waals surface area contributed by atoms with Crippen molar-refractivity contribution in [3.63, 3.8) is 0 Å². The van der Waals surface area contributed by atoms with E-state index in [0.717, 1.165) is 50.7 Å². The second kappa shape index (κ2) is 14.2. The Kier molecular flexibility index (Phi) is 8.70. The maximum atomic E-state index is 13.3. The van der Waals surface area contributed by atoms with Crippen LogP contribution in [0.5, 0.6) is 0 Å². The van der Waals surface area contributed by atoms with Gasteiger partial charge in [-0.25, -0.2) is 0 Å². The summed E-state index contributed by atoms with van der Waals surface area (Å²) in [6.45, 7) is 0. The molecule has 0 spiro atoms. The number of carbonyl (C=O) groups is 1. The Balaban J connectivity index is 0.902. The molecule has 8 aromatic rings. The molecule has 0 aliphatic carbocycles. The third kappa shape index (κ3) is 7.07. The minimum absolute atomic E-state index is 0.161. The highest BCUT2D eigenvalue weighted by molar-refractivity contribution is 6.04. The van der Waals surface area contributed by atoms with Crippen LogP contribution in [0.4, 0.5) is 5.69 Å². The second-order valence-corrected chi connectivity index (χ2v) is 12.2. The average molecular weight is 662 g/mol. The Morgan fingerprint density at radius 3 is 1.12 bits per heavy atom. The number of hydrogen-bond donors (Lipinski definition) is 1. The van der Waals surface area contributed by atoms with E-state index in [0.29, 0.717) is 5.56 Å². The van der Waals surface area contributed by atoms with Crippen LogP contribution in [0, 0.1) is 0 Å². The van der Waals surface area contributed by atoms with E-state index in [1.165, 1.54) is 0 Å². The molecule has 4 aromatic carbocycles. The van der Waals surface area contributed by atoms with Crippen molar-refractivity contribution in [1.29, 1.82) is 0 Å². The molecule has 0 bridgehead atoms. The quantitative estimate of drug-likeness (QED) is 0.170. The molecule has 0 fully saturated rings. The summed E-state index contributed by atoms with van der Waals surface area (Å²) in [5.74, 6) is -0.161. The Labute approximate surface area is 297 Å². The van der Waals surface area contributed by atoms with Gasteiger partial charge in [-0.3, -0.25) is 4.79 Å². The fraction of sp³-hybridized carbons (Fsp3) is 0. The van der Waals surface area contributed by atoms with E-state index in [1.807, 2.05) is 102 Å². The van der Waals surface area contributed by atoms with Gasteiger partial charge >= 0.3 is 0 Å². The molecule has 0 aliphatic heterocycles. The first-order valence-electron chi connectivity index (χ1n) is 16.9. The van der Waals surface area contributed by atoms with Crippen LogP contribution in [0.2, 0.25) is 0 Å². The normalized spacial score (nSPS) is 10.8. The van der Waals surface area contributed by atoms with Crippen molar-refractivity contribution in [3.8, 4) is 45.0 Å². The summed E-state index contributed by atoms with van der Waals surface area (Å²) in [6, 6.07) is 52.9. The number of rotatable bonds is 8. The van der Waals surface area contributed by atoms with Crippen LogP contribution in [-0.4, -0.2) is 5.91 Å². The number of aromatic nitrogens is 4. The minimum Gasteiger partial charge on any atom is -0.322 e. The maximum absolute atomic E-state index is 13.3. The summed E-state index contributed by atoms with van der Waals surface area (Å²) in [7, 11) is 0. The van der Waals surface area contributed by atoms with Crippen molar-refractivity contribution >= 4 is 11.6 Å². The molecule has 1 N–H and O–H groups in total. The first-order chi connectivity index (χ1) is 25.2. The molecular formula is C45H35N5O+4. The average Bonchev–Trinajstić information content (AvgIpc) is 3.22. The molecule has 8 rings (SSSR count). The van der Waals surface area contributed by atoms with E-state index in [9.17, 15) is 4.79 Å². The first kappa shape index (κ1) is 31.2. The van der Waals surface area contributed by atoms with Gasteiger partial charge in [0.2, 0.25) is 22.7 Å². The Bertz CT molecular complexity index is 2390. The van der Waals surface area contributed by atoms with Crippen molar-refractivity contribution in [3.05, 3.63) is 213 Å². The molecule has 1 amide bonds. The number of anilines is 1. The van der Waals surface area contributed by atoms with Crippen LogP contribution in [0.3, 0.4) is 0 Å². The van der Waals surface area contributed by atoms with Crippen molar-refractivity contribution < 1.29 is 23.1 Å². The molecule has 0 aliphatic rings. The summed E-state index contributed by atoms with van der Waals surface area (Å²) in [5.41, 5.74) is 10.0. The molecule has 51 heavy (non-hydrogen) atoms. The van der Waals surface area contributed by atoms with E-state index in [4.69, 9.17) is 0 Å². The number of nitrogens with zero attached hydrogens (tertiary/aromatic N) is 4. The predicted molar refractivity (Wildman–Crippen MR) is 198 cm³/mol. The molecule has 0 atom stereocenters. The lowest BCUT2D eigenvalue weighted by atomic mass is 10.1. The van der Waals surface area contributed by atoms with E-state index < -0.39 is 0 Å². The van der Waals surface area contributed by atoms with Gasteiger partial charge in [-0.15, -0.1) is 0 Å². The lowest BCUT2D eigenvalue weighted by molar-refractivity contribution is -0.596. The summed E-state index contributed by atoms with van der Waals surface area (Å²) in [6.07, 6.45) is 16.5. The molecule has 4 aromatic heterocycles. The minimum atomic E-state index is -0.161. The Morgan fingerprint density at radius 2 is 0.706 bits per heavy atom. The predicted octanol–water partition coefficient (Wildman–Crippen LogP) is 7.38. The largest absolute Gasteiger partial charge is 0.322 e. The van der Waals surface area contributed by atoms with E-state index in [2.05, 4.69) is 129 Å². The number of para-hydroxylation sites is 2. The van der Waals surface area contributed by atoms with Crippen LogP contribution in [0.1, 0.15) is 10.4 Å². The van der Waals surface area contributed by atoms with Crippen LogP contribution < -0.4 is 23.6 Å². The smallest absolute Gasteiger partial charge is 0.255 e. The molecule has 4 heterocycles. The lowest BCUT2D eigenvalue weighted by Crippen LogP contribution is -2.30. The molecule has 0 saturated heterocycles. The molecular weight excluding hydrogens is 627 g/mol. The van der Waals surface area contributed by atoms with E-state index >= 15 is 0 Å². The maximum Gasteiger partial charge on any atom is 0.255 e. The standard InChI is InChI=1S/C45H34N5O/c51-45(39-8-7-13-44(34-39)50-32-24-38(25-33-50)36-20-28-48(29-21-36)42-11-5-2-6-12-42)46-40-14-16-43(17-15-40)49-30-22-37(23-31-49)35-18-26-47(27-19-35)41-9-3-1-4-10-41/h1-34H/q+3/p+1. The summed E-state index contributed by atoms with van der Waals surface area (Å²) >= 11 is 0. The number of hydrogen-bond acceptors (Lipinski definition) is 1. The number of nitrogens with one attached hydrogen (secondary N) is 1. The lowest BCUT2D eigenvalue weighted by Gasteiger charge is -2.06. The highest BCUT2D eigenvalue weighted by Crippen LogP contribution is 2.19. The van der Waals surface area contributed by atoms with Gasteiger partial charge in [0.05, 0.1) is 0 Å². The van der Waals surface area contributed by atoms with Crippen molar-refractivity contribution in [2.45, 2.75) is 0 Å². The molecule has 0 radical (unpaired) electrons. The first-order valence-corrected chi connectivity index (χ1v) is 16.9. The van der Waals surface area contributed by atoms with E-state index in [1.54, 1.807) is 0 Å². The number of pyridine rings is 4. The van der Waals surface area contributed by atoms with Crippen molar-refractivity contribution in [2.75, 3.05) is 5.32 Å². The zero-order chi connectivity index (χ0) is 34.4. The second-order valence-electron chi connectivity index (χ2n) is 12.2. The molecule has 6 heteroatoms. The van der Waals surface area contributed by atoms with Gasteiger partial charge in [-0.2, -0.15) is 18.3 Å². The van der Waals surface area contributed by atoms with Gasteiger partial charge in [0, 0.05) is 108 Å². The summed E-state index contributed by atoms with van der Waals surface area (Å²) in [4.78, 5) is 13.3. The van der Waals surface area contributed by atoms with Gasteiger partial charge in [-0.1, -0.05) is 42.5 Å². The van der Waals surface area contributed by atoms with Gasteiger partial charge in [0.15, 0.2) is 49.6 Å². The summed E-state index contributed by atoms with van der Waals surface area (Å²) < 4.78 is 8.28. The molecule has 242 valence electrons. The van der Waals surface area contributed by atoms with E-state index in [-0.39, 0.29) is 5.91 Å². The van der Waals surface area contributed by atoms with Crippen LogP contribution in [-0.2, 0) is 0 Å². The van der Waals surface area contributed by atoms with Crippen molar-refractivity contribution in [1.82, 2.24) is 0 Å². The SMILES string of the molecule is O=C(Nc1ccc(-[n+]2ccc(-c3cc[n+](-c4ccccc4)cc3)cc2)cc1)c1cccc(-[n+]2ccc(-c3cc[n+](-c4ccccc4)cc3)cc2)c1. The third-order valence-corrected chi connectivity index (χ3v) is 8.92. The highest BCUT2D eigenvalue weighted by Gasteiger charge is 2.14. The van der Waals surface area contributed by atoms with Gasteiger partial charge in [0.25, 0.3) is 5.91 Å². The van der Waals surface area contributed by atoms with Crippen LogP contribution >= 0.6 is 0 Å². The van der Waals surface area contributed by atoms with Gasteiger partial charge in [-0.05, 0) is 40.5 Å². The van der Waals surface area contributed by atoms with Gasteiger partial charge < -0.3 is 5.32 Å². The Hall–Kier alpha value is -7.05. The zero-order valence-electron chi connectivity index (χ0n) is 27.8. The third-order valence-electron chi connectivity index (χ3n) is 8.92. The summed E-state index contributed by atoms with van der Waals surface area (Å²) in [5, 5.41) is 3.05.